The number of ether oxygens (including phenoxy) is 4. The van der Waals surface area contributed by atoms with Crippen LogP contribution in [-0.4, -0.2) is 96.7 Å². The lowest BCUT2D eigenvalue weighted by atomic mass is 10.0. The summed E-state index contributed by atoms with van der Waals surface area (Å²) < 4.78 is 67.7. The Kier molecular flexibility index (Phi) is 59.9. The van der Waals surface area contributed by atoms with Gasteiger partial charge in [-0.1, -0.05) is 298 Å². The lowest BCUT2D eigenvalue weighted by Crippen LogP contribution is -2.30. The SMILES string of the molecule is CCCCCCCC(=O)OC[C@H](COP(=O)(O)OC[C@H](O)COP(=O)(O)OC[C@@H](COC(=O)CCCCCCCCCCCCCCCCCCC(C)C)OC(=O)CCCCCCCCCCCCCCCCCCC(C)C)OC(=O)CCCCCCC. The highest BCUT2D eigenvalue weighted by molar-refractivity contribution is 7.47. The van der Waals surface area contributed by atoms with Crippen LogP contribution in [0.5, 0.6) is 0 Å². The van der Waals surface area contributed by atoms with Crippen LogP contribution in [0, 0.1) is 11.8 Å². The van der Waals surface area contributed by atoms with Crippen LogP contribution in [0.4, 0.5) is 0 Å². The maximum atomic E-state index is 13.0. The molecule has 0 fully saturated rings. The first-order chi connectivity index (χ1) is 42.4. The summed E-state index contributed by atoms with van der Waals surface area (Å²) in [6.45, 7) is 9.41. The van der Waals surface area contributed by atoms with Crippen molar-refractivity contribution in [1.82, 2.24) is 0 Å². The first-order valence-corrected chi connectivity index (χ1v) is 39.0. The molecule has 0 rings (SSSR count). The minimum absolute atomic E-state index is 0.0988. The maximum Gasteiger partial charge on any atom is 0.472 e. The molecule has 0 aromatic heterocycles. The normalized spacial score (nSPS) is 14.2. The monoisotopic (exact) mass is 1300 g/mol. The number of aliphatic hydroxyl groups is 1. The standard InChI is InChI=1S/C69H134O17P2/c1-7-9-11-37-45-51-66(71)79-57-64(85-68(73)53-47-38-12-10-8-2)59-83-87(75,76)81-55-63(70)56-82-88(77,78)84-60-65(86-69(74)54-48-42-36-32-28-24-20-16-14-18-22-26-30-34-40-44-50-62(5)6)58-80-67(72)52-46-41-35-31-27-23-19-15-13-17-21-25-29-33-39-43-49-61(3)4/h61-65,70H,7-60H2,1-6H3,(H,75,76)(H,77,78)/t63-,64+,65+/m0/s1. The highest BCUT2D eigenvalue weighted by atomic mass is 31.2. The summed E-state index contributed by atoms with van der Waals surface area (Å²) in [7, 11) is -9.87. The minimum atomic E-state index is -4.95. The molecule has 0 saturated carbocycles. The first kappa shape index (κ1) is 86.1. The Morgan fingerprint density at radius 2 is 0.523 bits per heavy atom. The molecule has 88 heavy (non-hydrogen) atoms. The summed E-state index contributed by atoms with van der Waals surface area (Å²) >= 11 is 0. The zero-order chi connectivity index (χ0) is 65.0. The van der Waals surface area contributed by atoms with E-state index in [0.29, 0.717) is 25.7 Å². The molecule has 0 aliphatic heterocycles. The molecule has 0 bridgehead atoms. The zero-order valence-electron chi connectivity index (χ0n) is 57.0. The van der Waals surface area contributed by atoms with E-state index in [4.69, 9.17) is 37.0 Å². The van der Waals surface area contributed by atoms with Gasteiger partial charge in [-0.05, 0) is 37.5 Å². The molecule has 0 amide bonds. The molecular weight excluding hydrogens is 1160 g/mol. The van der Waals surface area contributed by atoms with Gasteiger partial charge in [-0.3, -0.25) is 37.3 Å². The fourth-order valence-electron chi connectivity index (χ4n) is 10.4. The van der Waals surface area contributed by atoms with E-state index in [1.54, 1.807) is 0 Å². The average Bonchev–Trinajstić information content (AvgIpc) is 3.69. The van der Waals surface area contributed by atoms with E-state index in [0.717, 1.165) is 108 Å². The highest BCUT2D eigenvalue weighted by Gasteiger charge is 2.30. The predicted octanol–water partition coefficient (Wildman–Crippen LogP) is 19.6. The van der Waals surface area contributed by atoms with Crippen molar-refractivity contribution in [1.29, 1.82) is 0 Å². The predicted molar refractivity (Wildman–Crippen MR) is 354 cm³/mol. The fraction of sp³-hybridized carbons (Fsp3) is 0.942. The van der Waals surface area contributed by atoms with Crippen LogP contribution in [0.25, 0.3) is 0 Å². The molecular formula is C69H134O17P2. The van der Waals surface area contributed by atoms with Gasteiger partial charge in [0.15, 0.2) is 12.2 Å². The lowest BCUT2D eigenvalue weighted by Gasteiger charge is -2.21. The van der Waals surface area contributed by atoms with Crippen molar-refractivity contribution in [3.8, 4) is 0 Å². The molecule has 5 atom stereocenters. The van der Waals surface area contributed by atoms with Crippen LogP contribution < -0.4 is 0 Å². The van der Waals surface area contributed by atoms with Crippen molar-refractivity contribution < 1.29 is 80.2 Å². The van der Waals surface area contributed by atoms with Crippen molar-refractivity contribution in [3.63, 3.8) is 0 Å². The van der Waals surface area contributed by atoms with E-state index < -0.39 is 97.5 Å². The van der Waals surface area contributed by atoms with E-state index >= 15 is 0 Å². The third-order valence-electron chi connectivity index (χ3n) is 16.0. The van der Waals surface area contributed by atoms with Gasteiger partial charge in [0.1, 0.15) is 19.3 Å². The van der Waals surface area contributed by atoms with Crippen LogP contribution in [0.3, 0.4) is 0 Å². The van der Waals surface area contributed by atoms with E-state index in [9.17, 15) is 43.2 Å². The van der Waals surface area contributed by atoms with Gasteiger partial charge in [-0.15, -0.1) is 0 Å². The third kappa shape index (κ3) is 62.8. The van der Waals surface area contributed by atoms with E-state index in [1.165, 1.54) is 161 Å². The van der Waals surface area contributed by atoms with Gasteiger partial charge in [0.2, 0.25) is 0 Å². The molecule has 0 heterocycles. The summed E-state index contributed by atoms with van der Waals surface area (Å²) in [5, 5.41) is 10.5. The smallest absolute Gasteiger partial charge is 0.462 e. The largest absolute Gasteiger partial charge is 0.472 e. The molecule has 0 saturated heterocycles. The van der Waals surface area contributed by atoms with Gasteiger partial charge in [0, 0.05) is 25.7 Å². The third-order valence-corrected chi connectivity index (χ3v) is 17.9. The Balaban J connectivity index is 5.05. The summed E-state index contributed by atoms with van der Waals surface area (Å²) in [6, 6.07) is 0. The van der Waals surface area contributed by atoms with Crippen molar-refractivity contribution in [3.05, 3.63) is 0 Å². The number of aliphatic hydroxyl groups excluding tert-OH is 1. The van der Waals surface area contributed by atoms with Gasteiger partial charge in [-0.2, -0.15) is 0 Å². The molecule has 19 heteroatoms. The number of esters is 4. The summed E-state index contributed by atoms with van der Waals surface area (Å²) in [5.41, 5.74) is 0. The summed E-state index contributed by atoms with van der Waals surface area (Å²) in [6.07, 6.45) is 46.8. The molecule has 0 aliphatic rings. The number of carbonyl (C=O) groups excluding carboxylic acids is 4. The number of rotatable bonds is 68. The second kappa shape index (κ2) is 61.3. The number of hydrogen-bond donors (Lipinski definition) is 3. The van der Waals surface area contributed by atoms with Gasteiger partial charge >= 0.3 is 39.5 Å². The number of phosphoric ester groups is 2. The summed E-state index contributed by atoms with van der Waals surface area (Å²) in [5.74, 6) is -0.527. The quantitative estimate of drug-likeness (QED) is 0.0222. The van der Waals surface area contributed by atoms with E-state index in [1.807, 2.05) is 0 Å². The molecule has 2 unspecified atom stereocenters. The number of carbonyl (C=O) groups is 4. The van der Waals surface area contributed by atoms with Crippen molar-refractivity contribution in [2.45, 2.75) is 368 Å². The second-order valence-electron chi connectivity index (χ2n) is 25.9. The van der Waals surface area contributed by atoms with Crippen LogP contribution in [0.15, 0.2) is 0 Å². The Morgan fingerprint density at radius 1 is 0.307 bits per heavy atom. The number of unbranched alkanes of at least 4 members (excludes halogenated alkanes) is 38. The van der Waals surface area contributed by atoms with Gasteiger partial charge < -0.3 is 33.8 Å². The molecule has 3 N–H and O–H groups in total. The van der Waals surface area contributed by atoms with Crippen LogP contribution in [-0.2, 0) is 65.4 Å². The Labute approximate surface area is 537 Å². The van der Waals surface area contributed by atoms with Crippen LogP contribution in [0.1, 0.15) is 350 Å². The van der Waals surface area contributed by atoms with Crippen molar-refractivity contribution in [2.75, 3.05) is 39.6 Å². The first-order valence-electron chi connectivity index (χ1n) is 36.0. The fourth-order valence-corrected chi connectivity index (χ4v) is 12.0. The molecule has 0 aromatic carbocycles. The maximum absolute atomic E-state index is 13.0. The Bertz CT molecular complexity index is 1720. The van der Waals surface area contributed by atoms with Crippen molar-refractivity contribution in [2.24, 2.45) is 11.8 Å². The number of phosphoric acid groups is 2. The van der Waals surface area contributed by atoms with Gasteiger partial charge in [0.25, 0.3) is 0 Å². The zero-order valence-corrected chi connectivity index (χ0v) is 58.8. The van der Waals surface area contributed by atoms with E-state index in [-0.39, 0.29) is 25.7 Å². The molecule has 0 spiro atoms. The van der Waals surface area contributed by atoms with Gasteiger partial charge in [-0.25, -0.2) is 9.13 Å². The highest BCUT2D eigenvalue weighted by Crippen LogP contribution is 2.45. The molecule has 0 aromatic rings. The number of hydrogen-bond acceptors (Lipinski definition) is 15. The van der Waals surface area contributed by atoms with E-state index in [2.05, 4.69) is 41.5 Å². The van der Waals surface area contributed by atoms with Gasteiger partial charge in [0.05, 0.1) is 26.4 Å². The molecule has 0 radical (unpaired) electrons. The Morgan fingerprint density at radius 3 is 0.773 bits per heavy atom. The van der Waals surface area contributed by atoms with Crippen LogP contribution >= 0.6 is 15.6 Å². The Hall–Kier alpha value is -1.94. The molecule has 522 valence electrons. The topological polar surface area (TPSA) is 237 Å². The molecule has 17 nitrogen and oxygen atoms in total. The van der Waals surface area contributed by atoms with Crippen LogP contribution in [0.2, 0.25) is 0 Å². The lowest BCUT2D eigenvalue weighted by molar-refractivity contribution is -0.161. The summed E-state index contributed by atoms with van der Waals surface area (Å²) in [4.78, 5) is 71.9. The van der Waals surface area contributed by atoms with Crippen molar-refractivity contribution >= 4 is 39.5 Å². The average molecular weight is 1300 g/mol. The molecule has 0 aliphatic carbocycles. The minimum Gasteiger partial charge on any atom is -0.462 e. The second-order valence-corrected chi connectivity index (χ2v) is 28.8.